The van der Waals surface area contributed by atoms with Crippen molar-refractivity contribution in [3.05, 3.63) is 29.1 Å². The predicted octanol–water partition coefficient (Wildman–Crippen LogP) is 3.31. The van der Waals surface area contributed by atoms with E-state index in [4.69, 9.17) is 0 Å². The van der Waals surface area contributed by atoms with Crippen LogP contribution in [0.25, 0.3) is 6.08 Å². The molecule has 66 valence electrons. The molecule has 1 heterocycles. The van der Waals surface area contributed by atoms with Gasteiger partial charge in [-0.15, -0.1) is 0 Å². The summed E-state index contributed by atoms with van der Waals surface area (Å²) in [4.78, 5) is 3.27. The number of rotatable bonds is 3. The fourth-order valence-corrected chi connectivity index (χ4v) is 1.33. The van der Waals surface area contributed by atoms with Crippen LogP contribution >= 0.6 is 0 Å². The van der Waals surface area contributed by atoms with Crippen molar-refractivity contribution in [2.75, 3.05) is 0 Å². The Balaban J connectivity index is 2.87. The lowest BCUT2D eigenvalue weighted by Crippen LogP contribution is -1.80. The number of aromatic nitrogens is 1. The first-order valence-electron chi connectivity index (χ1n) is 4.63. The summed E-state index contributed by atoms with van der Waals surface area (Å²) in [6.45, 7) is 6.50. The van der Waals surface area contributed by atoms with E-state index in [1.807, 2.05) is 0 Å². The van der Waals surface area contributed by atoms with Crippen molar-refractivity contribution in [2.24, 2.45) is 0 Å². The van der Waals surface area contributed by atoms with E-state index in [-0.39, 0.29) is 0 Å². The standard InChI is InChI=1S/C11H17N/c1-4-6-7-11-9(3)10(5-2)8-12-11/h6-8,12H,4-5H2,1-3H3/b7-6-. The van der Waals surface area contributed by atoms with E-state index in [2.05, 4.69) is 44.1 Å². The maximum atomic E-state index is 3.27. The van der Waals surface area contributed by atoms with Crippen LogP contribution in [-0.2, 0) is 6.42 Å². The zero-order chi connectivity index (χ0) is 8.97. The third-order valence-electron chi connectivity index (χ3n) is 2.19. The molecule has 1 rings (SSSR count). The average Bonchev–Trinajstić information content (AvgIpc) is 2.43. The van der Waals surface area contributed by atoms with E-state index in [1.165, 1.54) is 16.8 Å². The summed E-state index contributed by atoms with van der Waals surface area (Å²) >= 11 is 0. The van der Waals surface area contributed by atoms with Gasteiger partial charge in [0.1, 0.15) is 0 Å². The molecule has 0 aliphatic heterocycles. The number of allylic oxidation sites excluding steroid dienone is 1. The fourth-order valence-electron chi connectivity index (χ4n) is 1.33. The summed E-state index contributed by atoms with van der Waals surface area (Å²) in [5.41, 5.74) is 4.07. The molecule has 0 fully saturated rings. The van der Waals surface area contributed by atoms with Gasteiger partial charge in [-0.1, -0.05) is 19.9 Å². The second-order valence-electron chi connectivity index (χ2n) is 3.02. The van der Waals surface area contributed by atoms with Crippen molar-refractivity contribution >= 4 is 6.08 Å². The van der Waals surface area contributed by atoms with Crippen LogP contribution in [0.4, 0.5) is 0 Å². The average molecular weight is 163 g/mol. The maximum absolute atomic E-state index is 3.27. The van der Waals surface area contributed by atoms with Gasteiger partial charge < -0.3 is 4.98 Å². The van der Waals surface area contributed by atoms with E-state index in [0.717, 1.165) is 12.8 Å². The highest BCUT2D eigenvalue weighted by atomic mass is 14.7. The number of hydrogen-bond acceptors (Lipinski definition) is 0. The Labute approximate surface area is 74.5 Å². The fraction of sp³-hybridized carbons (Fsp3) is 0.455. The van der Waals surface area contributed by atoms with Gasteiger partial charge in [-0.2, -0.15) is 0 Å². The molecule has 0 atom stereocenters. The molecular formula is C11H17N. The molecule has 1 heteroatoms. The van der Waals surface area contributed by atoms with Crippen LogP contribution in [0, 0.1) is 6.92 Å². The Morgan fingerprint density at radius 1 is 1.42 bits per heavy atom. The highest BCUT2D eigenvalue weighted by Gasteiger charge is 2.00. The summed E-state index contributed by atoms with van der Waals surface area (Å²) in [6, 6.07) is 0. The summed E-state index contributed by atoms with van der Waals surface area (Å²) in [5, 5.41) is 0. The van der Waals surface area contributed by atoms with Crippen LogP contribution in [0.2, 0.25) is 0 Å². The van der Waals surface area contributed by atoms with Gasteiger partial charge in [0.15, 0.2) is 0 Å². The number of aromatic amines is 1. The number of aryl methyl sites for hydroxylation is 1. The minimum absolute atomic E-state index is 1.10. The molecular weight excluding hydrogens is 146 g/mol. The Bertz CT molecular complexity index is 269. The Morgan fingerprint density at radius 2 is 2.17 bits per heavy atom. The lowest BCUT2D eigenvalue weighted by atomic mass is 10.1. The molecule has 12 heavy (non-hydrogen) atoms. The van der Waals surface area contributed by atoms with Crippen molar-refractivity contribution < 1.29 is 0 Å². The predicted molar refractivity (Wildman–Crippen MR) is 54.2 cm³/mol. The highest BCUT2D eigenvalue weighted by Crippen LogP contribution is 2.14. The highest BCUT2D eigenvalue weighted by molar-refractivity contribution is 5.51. The molecule has 1 aromatic heterocycles. The second-order valence-corrected chi connectivity index (χ2v) is 3.02. The quantitative estimate of drug-likeness (QED) is 0.703. The third kappa shape index (κ3) is 1.79. The monoisotopic (exact) mass is 163 g/mol. The van der Waals surface area contributed by atoms with Crippen LogP contribution < -0.4 is 0 Å². The summed E-state index contributed by atoms with van der Waals surface area (Å²) in [7, 11) is 0. The van der Waals surface area contributed by atoms with Crippen molar-refractivity contribution in [1.29, 1.82) is 0 Å². The van der Waals surface area contributed by atoms with Gasteiger partial charge in [-0.3, -0.25) is 0 Å². The van der Waals surface area contributed by atoms with Crippen molar-refractivity contribution in [3.8, 4) is 0 Å². The summed E-state index contributed by atoms with van der Waals surface area (Å²) in [6.07, 6.45) is 8.65. The maximum Gasteiger partial charge on any atom is 0.0409 e. The van der Waals surface area contributed by atoms with Crippen LogP contribution in [0.1, 0.15) is 37.1 Å². The third-order valence-corrected chi connectivity index (χ3v) is 2.19. The Kier molecular flexibility index (Phi) is 3.15. The molecule has 1 nitrogen and oxygen atoms in total. The van der Waals surface area contributed by atoms with Gasteiger partial charge in [0, 0.05) is 11.9 Å². The normalized spacial score (nSPS) is 11.2. The SMILES string of the molecule is CC/C=C\c1[nH]cc(CC)c1C. The molecule has 0 bridgehead atoms. The van der Waals surface area contributed by atoms with Gasteiger partial charge in [0.25, 0.3) is 0 Å². The van der Waals surface area contributed by atoms with Gasteiger partial charge in [-0.05, 0) is 37.0 Å². The molecule has 0 spiro atoms. The topological polar surface area (TPSA) is 15.8 Å². The lowest BCUT2D eigenvalue weighted by Gasteiger charge is -1.93. The van der Waals surface area contributed by atoms with E-state index < -0.39 is 0 Å². The Hall–Kier alpha value is -0.980. The zero-order valence-corrected chi connectivity index (χ0v) is 8.15. The molecule has 0 unspecified atom stereocenters. The minimum atomic E-state index is 1.10. The van der Waals surface area contributed by atoms with Gasteiger partial charge >= 0.3 is 0 Å². The van der Waals surface area contributed by atoms with Crippen LogP contribution in [0.15, 0.2) is 12.3 Å². The molecule has 0 saturated carbocycles. The zero-order valence-electron chi connectivity index (χ0n) is 8.15. The minimum Gasteiger partial charge on any atom is -0.361 e. The first-order chi connectivity index (χ1) is 5.79. The smallest absolute Gasteiger partial charge is 0.0409 e. The summed E-state index contributed by atoms with van der Waals surface area (Å²) < 4.78 is 0. The molecule has 0 radical (unpaired) electrons. The summed E-state index contributed by atoms with van der Waals surface area (Å²) in [5.74, 6) is 0. The lowest BCUT2D eigenvalue weighted by molar-refractivity contribution is 1.12. The molecule has 0 aromatic carbocycles. The Morgan fingerprint density at radius 3 is 2.67 bits per heavy atom. The van der Waals surface area contributed by atoms with Crippen LogP contribution in [0.5, 0.6) is 0 Å². The first kappa shape index (κ1) is 9.11. The number of nitrogens with one attached hydrogen (secondary N) is 1. The molecule has 0 saturated heterocycles. The van der Waals surface area contributed by atoms with Crippen LogP contribution in [0.3, 0.4) is 0 Å². The molecule has 0 aliphatic carbocycles. The molecule has 0 aliphatic rings. The number of hydrogen-bond donors (Lipinski definition) is 1. The molecule has 1 N–H and O–H groups in total. The van der Waals surface area contributed by atoms with Crippen molar-refractivity contribution in [2.45, 2.75) is 33.6 Å². The van der Waals surface area contributed by atoms with Gasteiger partial charge in [-0.25, -0.2) is 0 Å². The van der Waals surface area contributed by atoms with Crippen LogP contribution in [-0.4, -0.2) is 4.98 Å². The van der Waals surface area contributed by atoms with E-state index in [0.29, 0.717) is 0 Å². The first-order valence-corrected chi connectivity index (χ1v) is 4.63. The van der Waals surface area contributed by atoms with Crippen molar-refractivity contribution in [1.82, 2.24) is 4.98 Å². The largest absolute Gasteiger partial charge is 0.361 e. The molecule has 0 amide bonds. The second kappa shape index (κ2) is 4.15. The van der Waals surface area contributed by atoms with E-state index in [1.54, 1.807) is 0 Å². The van der Waals surface area contributed by atoms with Gasteiger partial charge in [0.2, 0.25) is 0 Å². The van der Waals surface area contributed by atoms with E-state index in [9.17, 15) is 0 Å². The van der Waals surface area contributed by atoms with Gasteiger partial charge in [0.05, 0.1) is 0 Å². The van der Waals surface area contributed by atoms with E-state index >= 15 is 0 Å². The molecule has 1 aromatic rings. The number of H-pyrrole nitrogens is 1. The van der Waals surface area contributed by atoms with Crippen molar-refractivity contribution in [3.63, 3.8) is 0 Å².